The second-order valence-electron chi connectivity index (χ2n) is 5.92. The number of aromatic carboxylic acids is 1. The summed E-state index contributed by atoms with van der Waals surface area (Å²) in [5.41, 5.74) is 1.55. The molecule has 8 heteroatoms. The molecule has 2 aromatic carbocycles. The van der Waals surface area contributed by atoms with Crippen LogP contribution in [0.3, 0.4) is 0 Å². The van der Waals surface area contributed by atoms with E-state index in [-0.39, 0.29) is 22.5 Å². The van der Waals surface area contributed by atoms with E-state index in [4.69, 9.17) is 4.74 Å². The minimum Gasteiger partial charge on any atom is -0.507 e. The lowest BCUT2D eigenvalue weighted by Crippen LogP contribution is -2.27. The highest BCUT2D eigenvalue weighted by atomic mass is 32.2. The van der Waals surface area contributed by atoms with Crippen LogP contribution < -0.4 is 4.74 Å². The number of carboxylic acid groups (broad SMARTS) is 1. The van der Waals surface area contributed by atoms with E-state index in [0.29, 0.717) is 33.9 Å². The van der Waals surface area contributed by atoms with Crippen molar-refractivity contribution in [1.29, 1.82) is 0 Å². The van der Waals surface area contributed by atoms with Crippen LogP contribution in [0.4, 0.5) is 4.79 Å². The Bertz CT molecular complexity index is 1010. The highest BCUT2D eigenvalue weighted by molar-refractivity contribution is 8.18. The summed E-state index contributed by atoms with van der Waals surface area (Å²) in [5.74, 6) is -1.42. The fraction of sp³-hybridized carbons (Fsp3) is 0.150. The molecule has 2 N–H and O–H groups in total. The second-order valence-corrected chi connectivity index (χ2v) is 6.92. The first-order valence-electron chi connectivity index (χ1n) is 8.35. The minimum atomic E-state index is -1.25. The van der Waals surface area contributed by atoms with E-state index < -0.39 is 5.97 Å². The normalized spacial score (nSPS) is 15.4. The third kappa shape index (κ3) is 3.59. The van der Waals surface area contributed by atoms with Crippen LogP contribution in [0.15, 0.2) is 41.3 Å². The molecule has 7 nitrogen and oxygen atoms in total. The van der Waals surface area contributed by atoms with Crippen molar-refractivity contribution in [2.75, 3.05) is 13.7 Å². The molecule has 0 spiro atoms. The van der Waals surface area contributed by atoms with Crippen LogP contribution in [0.25, 0.3) is 17.2 Å². The first-order chi connectivity index (χ1) is 13.3. The third-order valence-corrected chi connectivity index (χ3v) is 5.16. The standard InChI is InChI=1S/C20H17NO6S/c1-3-21-18(23)17(28-20(21)26)9-11-4-7-16(27-2)13(8-11)12-5-6-15(22)14(10-12)19(24)25/h4-10,22H,3H2,1-2H3,(H,24,25)/b17-9-. The Morgan fingerprint density at radius 2 is 1.96 bits per heavy atom. The van der Waals surface area contributed by atoms with E-state index in [9.17, 15) is 24.6 Å². The molecule has 3 rings (SSSR count). The largest absolute Gasteiger partial charge is 0.507 e. The van der Waals surface area contributed by atoms with Crippen LogP contribution in [-0.4, -0.2) is 45.9 Å². The van der Waals surface area contributed by atoms with Crippen LogP contribution in [-0.2, 0) is 4.79 Å². The van der Waals surface area contributed by atoms with Crippen LogP contribution >= 0.6 is 11.8 Å². The van der Waals surface area contributed by atoms with Gasteiger partial charge in [-0.05, 0) is 60.2 Å². The van der Waals surface area contributed by atoms with Gasteiger partial charge in [-0.2, -0.15) is 0 Å². The molecule has 1 aliphatic rings. The van der Waals surface area contributed by atoms with Gasteiger partial charge in [-0.15, -0.1) is 0 Å². The van der Waals surface area contributed by atoms with Crippen molar-refractivity contribution < 1.29 is 29.3 Å². The van der Waals surface area contributed by atoms with Gasteiger partial charge in [0.1, 0.15) is 17.1 Å². The number of thioether (sulfide) groups is 1. The van der Waals surface area contributed by atoms with Crippen LogP contribution in [0.2, 0.25) is 0 Å². The van der Waals surface area contributed by atoms with Crippen molar-refractivity contribution in [3.63, 3.8) is 0 Å². The number of hydrogen-bond donors (Lipinski definition) is 2. The number of carbonyl (C=O) groups excluding carboxylic acids is 2. The summed E-state index contributed by atoms with van der Waals surface area (Å²) in [6.07, 6.45) is 1.61. The van der Waals surface area contributed by atoms with Crippen molar-refractivity contribution in [1.82, 2.24) is 4.90 Å². The molecule has 1 saturated heterocycles. The molecule has 0 aliphatic carbocycles. The topological polar surface area (TPSA) is 104 Å². The fourth-order valence-corrected chi connectivity index (χ4v) is 3.74. The number of methoxy groups -OCH3 is 1. The van der Waals surface area contributed by atoms with Crippen molar-refractivity contribution in [2.45, 2.75) is 6.92 Å². The molecule has 144 valence electrons. The molecule has 0 atom stereocenters. The van der Waals surface area contributed by atoms with E-state index in [0.717, 1.165) is 11.8 Å². The van der Waals surface area contributed by atoms with E-state index in [2.05, 4.69) is 0 Å². The number of carboxylic acids is 1. The maximum atomic E-state index is 12.3. The third-order valence-electron chi connectivity index (χ3n) is 4.25. The predicted octanol–water partition coefficient (Wildman–Crippen LogP) is 3.82. The number of amides is 2. The SMILES string of the molecule is CCN1C(=O)S/C(=C\c2ccc(OC)c(-c3ccc(O)c(C(=O)O)c3)c2)C1=O. The number of rotatable bonds is 5. The zero-order valence-corrected chi connectivity index (χ0v) is 15.9. The number of benzene rings is 2. The summed E-state index contributed by atoms with van der Waals surface area (Å²) in [4.78, 5) is 36.9. The maximum Gasteiger partial charge on any atom is 0.339 e. The van der Waals surface area contributed by atoms with Gasteiger partial charge in [-0.25, -0.2) is 4.79 Å². The molecule has 2 aromatic rings. The summed E-state index contributed by atoms with van der Waals surface area (Å²) in [6, 6.07) is 9.40. The zero-order chi connectivity index (χ0) is 20.4. The van der Waals surface area contributed by atoms with Gasteiger partial charge in [0, 0.05) is 12.1 Å². The maximum absolute atomic E-state index is 12.3. The summed E-state index contributed by atoms with van der Waals surface area (Å²) in [5, 5.41) is 18.7. The van der Waals surface area contributed by atoms with Crippen molar-refractivity contribution in [3.05, 3.63) is 52.4 Å². The molecule has 0 aromatic heterocycles. The first kappa shape index (κ1) is 19.5. The van der Waals surface area contributed by atoms with Crippen LogP contribution in [0.5, 0.6) is 11.5 Å². The number of imide groups is 1. The van der Waals surface area contributed by atoms with Gasteiger partial charge in [-0.1, -0.05) is 12.1 Å². The second kappa shape index (κ2) is 7.77. The minimum absolute atomic E-state index is 0.228. The fourth-order valence-electron chi connectivity index (χ4n) is 2.84. The summed E-state index contributed by atoms with van der Waals surface area (Å²) >= 11 is 0.878. The number of carbonyl (C=O) groups is 3. The lowest BCUT2D eigenvalue weighted by atomic mass is 9.99. The number of hydrogen-bond acceptors (Lipinski definition) is 6. The Labute approximate surface area is 165 Å². The van der Waals surface area contributed by atoms with E-state index >= 15 is 0 Å². The van der Waals surface area contributed by atoms with Gasteiger partial charge in [0.15, 0.2) is 0 Å². The highest BCUT2D eigenvalue weighted by Crippen LogP contribution is 2.36. The monoisotopic (exact) mass is 399 g/mol. The average molecular weight is 399 g/mol. The lowest BCUT2D eigenvalue weighted by molar-refractivity contribution is -0.122. The van der Waals surface area contributed by atoms with Gasteiger partial charge in [0.2, 0.25) is 0 Å². The van der Waals surface area contributed by atoms with Gasteiger partial charge in [0.05, 0.1) is 12.0 Å². The van der Waals surface area contributed by atoms with E-state index in [1.165, 1.54) is 24.1 Å². The van der Waals surface area contributed by atoms with Gasteiger partial charge in [0.25, 0.3) is 11.1 Å². The highest BCUT2D eigenvalue weighted by Gasteiger charge is 2.33. The number of aromatic hydroxyl groups is 1. The summed E-state index contributed by atoms with van der Waals surface area (Å²) in [7, 11) is 1.49. The smallest absolute Gasteiger partial charge is 0.339 e. The predicted molar refractivity (Wildman–Crippen MR) is 105 cm³/mol. The van der Waals surface area contributed by atoms with E-state index in [1.54, 1.807) is 37.3 Å². The molecule has 2 amide bonds. The molecule has 0 radical (unpaired) electrons. The number of phenols is 1. The Balaban J connectivity index is 2.06. The molecular weight excluding hydrogens is 382 g/mol. The first-order valence-corrected chi connectivity index (χ1v) is 9.17. The molecule has 28 heavy (non-hydrogen) atoms. The van der Waals surface area contributed by atoms with Crippen LogP contribution in [0.1, 0.15) is 22.8 Å². The summed E-state index contributed by atoms with van der Waals surface area (Å²) in [6.45, 7) is 2.04. The van der Waals surface area contributed by atoms with E-state index in [1.807, 2.05) is 0 Å². The zero-order valence-electron chi connectivity index (χ0n) is 15.1. The molecule has 1 heterocycles. The molecule has 0 bridgehead atoms. The lowest BCUT2D eigenvalue weighted by Gasteiger charge is -2.11. The van der Waals surface area contributed by atoms with Gasteiger partial charge < -0.3 is 14.9 Å². The van der Waals surface area contributed by atoms with Crippen molar-refractivity contribution >= 4 is 35.0 Å². The molecule has 1 fully saturated rings. The average Bonchev–Trinajstić information content (AvgIpc) is 2.94. The quantitative estimate of drug-likeness (QED) is 0.737. The van der Waals surface area contributed by atoms with Crippen molar-refractivity contribution in [2.24, 2.45) is 0 Å². The number of nitrogens with zero attached hydrogens (tertiary/aromatic N) is 1. The molecule has 0 saturated carbocycles. The number of ether oxygens (including phenoxy) is 1. The Morgan fingerprint density at radius 1 is 1.21 bits per heavy atom. The molecular formula is C20H17NO6S. The van der Waals surface area contributed by atoms with Gasteiger partial charge in [-0.3, -0.25) is 14.5 Å². The Kier molecular flexibility index (Phi) is 5.41. The molecule has 0 unspecified atom stereocenters. The molecule has 1 aliphatic heterocycles. The van der Waals surface area contributed by atoms with Crippen LogP contribution in [0, 0.1) is 0 Å². The number of likely N-dealkylation sites (N-methyl/N-ethyl adjacent to an activating group) is 1. The van der Waals surface area contributed by atoms with Gasteiger partial charge >= 0.3 is 5.97 Å². The Morgan fingerprint density at radius 3 is 2.57 bits per heavy atom. The van der Waals surface area contributed by atoms with Crippen molar-refractivity contribution in [3.8, 4) is 22.6 Å². The summed E-state index contributed by atoms with van der Waals surface area (Å²) < 4.78 is 5.36. The Hall–Kier alpha value is -3.26.